The lowest BCUT2D eigenvalue weighted by molar-refractivity contribution is -0.385. The molecule has 0 fully saturated rings. The van der Waals surface area contributed by atoms with Crippen LogP contribution in [0.4, 0.5) is 11.4 Å². The van der Waals surface area contributed by atoms with Gasteiger partial charge in [-0.2, -0.15) is 0 Å². The van der Waals surface area contributed by atoms with Crippen molar-refractivity contribution in [3.05, 3.63) is 197 Å². The molecule has 0 unspecified atom stereocenters. The third-order valence-corrected chi connectivity index (χ3v) is 9.35. The molecule has 0 aliphatic heterocycles. The van der Waals surface area contributed by atoms with E-state index in [9.17, 15) is 30.4 Å². The van der Waals surface area contributed by atoms with Gasteiger partial charge in [-0.1, -0.05) is 72.8 Å². The summed E-state index contributed by atoms with van der Waals surface area (Å²) < 4.78 is 12.9. The first-order valence-electron chi connectivity index (χ1n) is 16.8. The Morgan fingerprint density at radius 1 is 0.442 bits per heavy atom. The predicted octanol–water partition coefficient (Wildman–Crippen LogP) is 8.75. The minimum atomic E-state index is -0.440. The molecule has 10 heteroatoms. The molecule has 0 saturated carbocycles. The van der Waals surface area contributed by atoms with E-state index in [1.807, 2.05) is 72.8 Å². The van der Waals surface area contributed by atoms with Gasteiger partial charge in [-0.05, 0) is 79.9 Å². The van der Waals surface area contributed by atoms with Crippen LogP contribution in [0.5, 0.6) is 23.0 Å². The molecule has 1 aliphatic rings. The largest absolute Gasteiger partial charge is 0.507 e. The van der Waals surface area contributed by atoms with E-state index in [1.54, 1.807) is 24.3 Å². The Labute approximate surface area is 299 Å². The number of nitrogens with zero attached hydrogens (tertiary/aromatic N) is 2. The second-order valence-electron chi connectivity index (χ2n) is 12.8. The van der Waals surface area contributed by atoms with Gasteiger partial charge < -0.3 is 19.7 Å². The van der Waals surface area contributed by atoms with Crippen LogP contribution in [-0.4, -0.2) is 20.1 Å². The molecule has 1 aliphatic carbocycles. The van der Waals surface area contributed by atoms with E-state index in [0.717, 1.165) is 33.4 Å². The van der Waals surface area contributed by atoms with Gasteiger partial charge in [0.1, 0.15) is 36.2 Å². The molecule has 0 spiro atoms. The van der Waals surface area contributed by atoms with Crippen LogP contribution in [0.15, 0.2) is 121 Å². The van der Waals surface area contributed by atoms with Gasteiger partial charge in [0.2, 0.25) is 0 Å². The number of fused-ring (bicyclic) bond motifs is 8. The van der Waals surface area contributed by atoms with Crippen molar-refractivity contribution in [3.8, 4) is 23.0 Å². The van der Waals surface area contributed by atoms with Gasteiger partial charge in [0.05, 0.1) is 9.85 Å². The van der Waals surface area contributed by atoms with E-state index >= 15 is 0 Å². The Bertz CT molecular complexity index is 2040. The Morgan fingerprint density at radius 2 is 0.712 bits per heavy atom. The van der Waals surface area contributed by atoms with Gasteiger partial charge in [0, 0.05) is 49.9 Å². The van der Waals surface area contributed by atoms with Crippen molar-refractivity contribution in [2.45, 2.75) is 38.9 Å². The number of non-ortho nitro benzene ring substituents is 2. The molecule has 0 saturated heterocycles. The fourth-order valence-electron chi connectivity index (χ4n) is 6.62. The number of hydrogen-bond donors (Lipinski definition) is 2. The molecule has 2 N–H and O–H groups in total. The van der Waals surface area contributed by atoms with Gasteiger partial charge in [-0.25, -0.2) is 0 Å². The zero-order valence-electron chi connectivity index (χ0n) is 28.0. The summed E-state index contributed by atoms with van der Waals surface area (Å²) in [5, 5.41) is 45.7. The summed E-state index contributed by atoms with van der Waals surface area (Å²) >= 11 is 0. The van der Waals surface area contributed by atoms with E-state index < -0.39 is 9.85 Å². The monoisotopic (exact) mass is 694 g/mol. The number of phenolic OH excluding ortho intramolecular Hbond substituents is 2. The average molecular weight is 695 g/mol. The third-order valence-electron chi connectivity index (χ3n) is 9.35. The highest BCUT2D eigenvalue weighted by molar-refractivity contribution is 5.55. The maximum Gasteiger partial charge on any atom is 0.269 e. The molecular formula is C42H34N2O8. The van der Waals surface area contributed by atoms with E-state index in [-0.39, 0.29) is 36.1 Å². The number of para-hydroxylation sites is 4. The Morgan fingerprint density at radius 3 is 0.981 bits per heavy atom. The Balaban J connectivity index is 1.29. The van der Waals surface area contributed by atoms with Crippen molar-refractivity contribution >= 4 is 11.4 Å². The quantitative estimate of drug-likeness (QED) is 0.119. The fourth-order valence-corrected chi connectivity index (χ4v) is 6.62. The summed E-state index contributed by atoms with van der Waals surface area (Å²) in [6.45, 7) is 0.328. The first kappa shape index (κ1) is 33.8. The number of aromatic hydroxyl groups is 2. The molecule has 6 aromatic carbocycles. The van der Waals surface area contributed by atoms with Gasteiger partial charge in [-0.3, -0.25) is 20.2 Å². The summed E-state index contributed by atoms with van der Waals surface area (Å²) in [5.41, 5.74) is 7.68. The number of nitro groups is 2. The van der Waals surface area contributed by atoms with Crippen molar-refractivity contribution in [1.29, 1.82) is 0 Å². The van der Waals surface area contributed by atoms with Crippen molar-refractivity contribution in [1.82, 2.24) is 0 Å². The highest BCUT2D eigenvalue weighted by Gasteiger charge is 2.20. The molecule has 7 rings (SSSR count). The van der Waals surface area contributed by atoms with E-state index in [2.05, 4.69) is 0 Å². The smallest absolute Gasteiger partial charge is 0.269 e. The van der Waals surface area contributed by atoms with E-state index in [4.69, 9.17) is 9.47 Å². The molecule has 0 radical (unpaired) electrons. The van der Waals surface area contributed by atoms with Crippen LogP contribution >= 0.6 is 0 Å². The molecule has 8 bridgehead atoms. The second kappa shape index (κ2) is 14.7. The summed E-state index contributed by atoms with van der Waals surface area (Å²) in [7, 11) is 0. The number of hydrogen-bond acceptors (Lipinski definition) is 8. The molecule has 6 aromatic rings. The predicted molar refractivity (Wildman–Crippen MR) is 195 cm³/mol. The fraction of sp³-hybridized carbons (Fsp3) is 0.143. The number of nitro benzene ring substituents is 2. The molecule has 52 heavy (non-hydrogen) atoms. The standard InChI is InChI=1S/C42H34N2O8/c45-39-29-5-1-6-30(39)22-34-10-4-12-36(42(34)52-26-28-15-19-38(20-16-28)44(49)50)24-32-8-2-7-31(40(32)46)23-35-11-3-9-33(21-29)41(35)51-25-27-13-17-37(18-14-27)43(47)48/h1-20,45-46H,21-26H2. The van der Waals surface area contributed by atoms with Gasteiger partial charge in [0.15, 0.2) is 0 Å². The lowest BCUT2D eigenvalue weighted by Gasteiger charge is -2.20. The first-order chi connectivity index (χ1) is 25.2. The maximum atomic E-state index is 11.7. The van der Waals surface area contributed by atoms with Crippen LogP contribution in [0.3, 0.4) is 0 Å². The van der Waals surface area contributed by atoms with Gasteiger partial charge in [0.25, 0.3) is 11.4 Å². The number of phenols is 2. The zero-order valence-corrected chi connectivity index (χ0v) is 28.0. The van der Waals surface area contributed by atoms with Crippen LogP contribution in [0, 0.1) is 20.2 Å². The van der Waals surface area contributed by atoms with Crippen LogP contribution in [0.1, 0.15) is 55.6 Å². The molecule has 10 nitrogen and oxygen atoms in total. The number of ether oxygens (including phenoxy) is 2. The van der Waals surface area contributed by atoms with Crippen LogP contribution in [0.25, 0.3) is 0 Å². The van der Waals surface area contributed by atoms with Crippen molar-refractivity contribution in [3.63, 3.8) is 0 Å². The Kier molecular flexibility index (Phi) is 9.53. The first-order valence-corrected chi connectivity index (χ1v) is 16.8. The Hall–Kier alpha value is -6.68. The van der Waals surface area contributed by atoms with E-state index in [0.29, 0.717) is 59.4 Å². The molecule has 0 atom stereocenters. The van der Waals surface area contributed by atoms with Gasteiger partial charge in [-0.15, -0.1) is 0 Å². The zero-order chi connectivity index (χ0) is 36.2. The number of rotatable bonds is 8. The lowest BCUT2D eigenvalue weighted by Crippen LogP contribution is -2.06. The summed E-state index contributed by atoms with van der Waals surface area (Å²) in [4.78, 5) is 21.5. The van der Waals surface area contributed by atoms with Crippen LogP contribution in [0.2, 0.25) is 0 Å². The normalized spacial score (nSPS) is 12.2. The van der Waals surface area contributed by atoms with E-state index in [1.165, 1.54) is 24.3 Å². The summed E-state index contributed by atoms with van der Waals surface area (Å²) in [6.07, 6.45) is 1.44. The lowest BCUT2D eigenvalue weighted by atomic mass is 9.91. The summed E-state index contributed by atoms with van der Waals surface area (Å²) in [6, 6.07) is 35.5. The second-order valence-corrected chi connectivity index (χ2v) is 12.8. The van der Waals surface area contributed by atoms with Crippen molar-refractivity contribution in [2.75, 3.05) is 0 Å². The molecule has 0 amide bonds. The van der Waals surface area contributed by atoms with Gasteiger partial charge >= 0.3 is 0 Å². The van der Waals surface area contributed by atoms with Crippen molar-refractivity contribution in [2.24, 2.45) is 0 Å². The van der Waals surface area contributed by atoms with Crippen LogP contribution in [-0.2, 0) is 38.9 Å². The molecule has 260 valence electrons. The summed E-state index contributed by atoms with van der Waals surface area (Å²) in [5.74, 6) is 1.57. The third kappa shape index (κ3) is 7.27. The topological polar surface area (TPSA) is 145 Å². The minimum Gasteiger partial charge on any atom is -0.507 e. The molecular weight excluding hydrogens is 660 g/mol. The highest BCUT2D eigenvalue weighted by atomic mass is 16.6. The van der Waals surface area contributed by atoms with Crippen molar-refractivity contribution < 1.29 is 29.5 Å². The molecule has 0 aromatic heterocycles. The molecule has 0 heterocycles. The highest BCUT2D eigenvalue weighted by Crippen LogP contribution is 2.38. The number of benzene rings is 6. The minimum absolute atomic E-state index is 0.00181. The SMILES string of the molecule is O=[N+]([O-])c1ccc(COc2c3cccc2Cc2cccc(c2O)Cc2cccc(c2OCc2ccc([N+](=O)[O-])cc2)Cc2cccc(c2O)C3)cc1. The average Bonchev–Trinajstić information content (AvgIpc) is 3.14. The maximum absolute atomic E-state index is 11.7. The van der Waals surface area contributed by atoms with Crippen LogP contribution < -0.4 is 9.47 Å².